The van der Waals surface area contributed by atoms with E-state index in [1.165, 1.54) is 13.8 Å². The summed E-state index contributed by atoms with van der Waals surface area (Å²) in [5.41, 5.74) is 4.30. The number of nitrogens with one attached hydrogen (secondary N) is 2. The quantitative estimate of drug-likeness (QED) is 0.0599. The Balaban J connectivity index is 1.61. The van der Waals surface area contributed by atoms with Gasteiger partial charge >= 0.3 is 23.5 Å². The number of phosphoric ester groups is 3. The zero-order chi connectivity index (χ0) is 36.1. The summed E-state index contributed by atoms with van der Waals surface area (Å²) in [5, 5.41) is 26.1. The van der Waals surface area contributed by atoms with Crippen LogP contribution in [-0.4, -0.2) is 118 Å². The number of hydrogen-bond donors (Lipinski definition) is 10. The van der Waals surface area contributed by atoms with E-state index in [2.05, 4.69) is 47.0 Å². The van der Waals surface area contributed by atoms with Crippen LogP contribution in [0.4, 0.5) is 5.82 Å². The van der Waals surface area contributed by atoms with Gasteiger partial charge in [0.1, 0.15) is 36.3 Å². The lowest BCUT2D eigenvalue weighted by Crippen LogP contribution is -2.46. The Morgan fingerprint density at radius 3 is 2.42 bits per heavy atom. The second kappa shape index (κ2) is 16.3. The molecule has 0 radical (unpaired) electrons. The number of ether oxygens (including phenoxy) is 1. The molecule has 2 unspecified atom stereocenters. The van der Waals surface area contributed by atoms with Crippen molar-refractivity contribution in [3.05, 3.63) is 12.7 Å². The van der Waals surface area contributed by atoms with E-state index in [0.29, 0.717) is 12.3 Å². The molecule has 3 heterocycles. The fourth-order valence-corrected chi connectivity index (χ4v) is 7.08. The third-order valence-corrected chi connectivity index (χ3v) is 9.83. The summed E-state index contributed by atoms with van der Waals surface area (Å²) in [6.45, 7) is 0.723. The van der Waals surface area contributed by atoms with E-state index in [9.17, 15) is 53.1 Å². The number of imidazole rings is 1. The van der Waals surface area contributed by atoms with Gasteiger partial charge in [-0.05, 0) is 0 Å². The molecule has 27 heteroatoms. The molecule has 10 N–H and O–H groups in total. The van der Waals surface area contributed by atoms with E-state index in [1.807, 2.05) is 0 Å². The van der Waals surface area contributed by atoms with E-state index in [-0.39, 0.29) is 35.9 Å². The summed E-state index contributed by atoms with van der Waals surface area (Å²) in [6.07, 6.45) is -6.74. The molecule has 1 fully saturated rings. The zero-order valence-electron chi connectivity index (χ0n) is 25.2. The predicted octanol–water partition coefficient (Wildman–Crippen LogP) is -1.67. The molecule has 2 aromatic heterocycles. The number of thiol groups is 1. The zero-order valence-corrected chi connectivity index (χ0v) is 28.8. The minimum atomic E-state index is -5.54. The van der Waals surface area contributed by atoms with Crippen molar-refractivity contribution in [2.45, 2.75) is 50.9 Å². The Morgan fingerprint density at radius 2 is 1.77 bits per heavy atom. The van der Waals surface area contributed by atoms with E-state index >= 15 is 0 Å². The molecular weight excluding hydrogens is 731 g/mol. The van der Waals surface area contributed by atoms with Crippen molar-refractivity contribution >= 4 is 64.9 Å². The van der Waals surface area contributed by atoms with Crippen molar-refractivity contribution in [2.75, 3.05) is 37.8 Å². The molecule has 272 valence electrons. The number of phosphoric acid groups is 3. The smallest absolute Gasteiger partial charge is 0.386 e. The monoisotopic (exact) mass is 767 g/mol. The summed E-state index contributed by atoms with van der Waals surface area (Å²) >= 11 is 3.95. The van der Waals surface area contributed by atoms with Crippen molar-refractivity contribution in [3.8, 4) is 0 Å². The number of anilines is 1. The van der Waals surface area contributed by atoms with Crippen LogP contribution in [0.25, 0.3) is 11.2 Å². The van der Waals surface area contributed by atoms with Crippen molar-refractivity contribution < 1.29 is 75.7 Å². The number of aromatic nitrogens is 4. The van der Waals surface area contributed by atoms with Gasteiger partial charge in [-0.25, -0.2) is 28.6 Å². The van der Waals surface area contributed by atoms with E-state index in [0.717, 1.165) is 17.2 Å². The van der Waals surface area contributed by atoms with Gasteiger partial charge in [0.2, 0.25) is 11.8 Å². The summed E-state index contributed by atoms with van der Waals surface area (Å²) in [7, 11) is -16.3. The van der Waals surface area contributed by atoms with Crippen molar-refractivity contribution in [1.29, 1.82) is 0 Å². The summed E-state index contributed by atoms with van der Waals surface area (Å²) in [4.78, 5) is 74.6. The number of fused-ring (bicyclic) bond motifs is 1. The van der Waals surface area contributed by atoms with E-state index in [1.54, 1.807) is 0 Å². The third kappa shape index (κ3) is 11.2. The molecule has 0 aliphatic carbocycles. The molecule has 0 aromatic carbocycles. The van der Waals surface area contributed by atoms with Crippen LogP contribution in [0.1, 0.15) is 26.5 Å². The molecule has 3 rings (SSSR count). The van der Waals surface area contributed by atoms with Gasteiger partial charge in [-0.15, -0.1) is 0 Å². The SMILES string of the molecule is CC(C)(COP(=O)(O)OP(=O)(O)OC[C@@H]1O[C@H](n2cnc3c(N)ncnc32)[C@H](O)[C@@H]1OP(=O)(O)O)[C@@H](O)C(=O)NCCC(=O)NCCS. The number of hydrogen-bond acceptors (Lipinski definition) is 17. The fourth-order valence-electron chi connectivity index (χ4n) is 4.14. The van der Waals surface area contributed by atoms with Gasteiger partial charge in [0.15, 0.2) is 17.7 Å². The highest BCUT2D eigenvalue weighted by atomic mass is 32.1. The number of nitrogen functional groups attached to an aromatic ring is 1. The normalized spacial score (nSPS) is 23.4. The summed E-state index contributed by atoms with van der Waals surface area (Å²) in [5.74, 6) is -0.943. The number of nitrogens with zero attached hydrogens (tertiary/aromatic N) is 4. The van der Waals surface area contributed by atoms with Gasteiger partial charge in [0.25, 0.3) is 0 Å². The number of amides is 2. The van der Waals surface area contributed by atoms with Crippen LogP contribution in [0.2, 0.25) is 0 Å². The van der Waals surface area contributed by atoms with Crippen LogP contribution < -0.4 is 16.4 Å². The van der Waals surface area contributed by atoms with Crippen molar-refractivity contribution in [3.63, 3.8) is 0 Å². The van der Waals surface area contributed by atoms with Gasteiger partial charge in [-0.3, -0.25) is 27.7 Å². The standard InChI is InChI=1S/C21H36N7O16P3S/c1-21(2,16(31)19(32)24-4-3-12(29)23-5-6-48)8-41-47(38,39)44-46(36,37)40-7-11-15(43-45(33,34)35)14(30)20(42-11)28-10-27-13-17(22)25-9-26-18(13)28/h9-11,14-16,20,30-31,48H,3-8H2,1-2H3,(H,23,29)(H,24,32)(H,36,37)(H,38,39)(H2,22,25,26)(H2,33,34,35)/t11-,14+,15+,16-,20-/m0/s1. The lowest BCUT2D eigenvalue weighted by molar-refractivity contribution is -0.137. The molecule has 48 heavy (non-hydrogen) atoms. The average Bonchev–Trinajstić information content (AvgIpc) is 3.54. The molecule has 0 bridgehead atoms. The molecular formula is C21H36N7O16P3S. The second-order valence-electron chi connectivity index (χ2n) is 10.8. The average molecular weight is 768 g/mol. The Kier molecular flexibility index (Phi) is 13.7. The highest BCUT2D eigenvalue weighted by Gasteiger charge is 2.50. The molecule has 2 amide bonds. The molecule has 1 aliphatic heterocycles. The number of carbonyl (C=O) groups is 2. The van der Waals surface area contributed by atoms with Gasteiger partial charge in [-0.2, -0.15) is 16.9 Å². The lowest BCUT2D eigenvalue weighted by Gasteiger charge is -2.30. The number of nitrogens with two attached hydrogens (primary N) is 1. The number of carbonyl (C=O) groups excluding carboxylic acids is 2. The first-order valence-electron chi connectivity index (χ1n) is 13.7. The fraction of sp³-hybridized carbons (Fsp3) is 0.667. The summed E-state index contributed by atoms with van der Waals surface area (Å²) < 4.78 is 61.7. The Bertz CT molecular complexity index is 1590. The molecule has 0 saturated carbocycles. The Morgan fingerprint density at radius 1 is 1.10 bits per heavy atom. The maximum Gasteiger partial charge on any atom is 0.481 e. The molecule has 0 spiro atoms. The van der Waals surface area contributed by atoms with Crippen LogP contribution in [0.3, 0.4) is 0 Å². The van der Waals surface area contributed by atoms with Crippen LogP contribution in [-0.2, 0) is 45.9 Å². The third-order valence-electron chi connectivity index (χ3n) is 6.51. The molecule has 23 nitrogen and oxygen atoms in total. The number of aliphatic hydroxyl groups is 2. The first-order valence-corrected chi connectivity index (χ1v) is 18.8. The van der Waals surface area contributed by atoms with Gasteiger partial charge in [0.05, 0.1) is 19.5 Å². The van der Waals surface area contributed by atoms with Crippen LogP contribution in [0, 0.1) is 5.41 Å². The van der Waals surface area contributed by atoms with E-state index < -0.39 is 78.6 Å². The molecule has 2 aromatic rings. The molecule has 1 saturated heterocycles. The highest BCUT2D eigenvalue weighted by molar-refractivity contribution is 7.80. The topological polar surface area (TPSA) is 347 Å². The number of rotatable bonds is 18. The van der Waals surface area contributed by atoms with Crippen LogP contribution >= 0.6 is 36.1 Å². The Hall–Kier alpha value is -2.11. The summed E-state index contributed by atoms with van der Waals surface area (Å²) in [6, 6.07) is 0. The Labute approximate surface area is 277 Å². The van der Waals surface area contributed by atoms with Crippen LogP contribution in [0.15, 0.2) is 12.7 Å². The maximum atomic E-state index is 12.6. The second-order valence-corrected chi connectivity index (χ2v) is 15.5. The van der Waals surface area contributed by atoms with Crippen molar-refractivity contribution in [2.24, 2.45) is 5.41 Å². The van der Waals surface area contributed by atoms with Crippen molar-refractivity contribution in [1.82, 2.24) is 30.2 Å². The lowest BCUT2D eigenvalue weighted by atomic mass is 9.87. The maximum absolute atomic E-state index is 12.6. The molecule has 1 aliphatic rings. The van der Waals surface area contributed by atoms with Gasteiger partial charge < -0.3 is 50.9 Å². The first-order chi connectivity index (χ1) is 22.2. The van der Waals surface area contributed by atoms with E-state index in [4.69, 9.17) is 19.5 Å². The van der Waals surface area contributed by atoms with Gasteiger partial charge in [0, 0.05) is 30.7 Å². The first kappa shape index (κ1) is 40.3. The minimum absolute atomic E-state index is 0.0363. The highest BCUT2D eigenvalue weighted by Crippen LogP contribution is 2.61. The predicted molar refractivity (Wildman–Crippen MR) is 163 cm³/mol. The minimum Gasteiger partial charge on any atom is -0.386 e. The molecule has 7 atom stereocenters. The number of aliphatic hydroxyl groups excluding tert-OH is 2. The van der Waals surface area contributed by atoms with Gasteiger partial charge in [-0.1, -0.05) is 13.8 Å². The van der Waals surface area contributed by atoms with Crippen LogP contribution in [0.5, 0.6) is 0 Å². The largest absolute Gasteiger partial charge is 0.481 e.